The predicted molar refractivity (Wildman–Crippen MR) is 151 cm³/mol. The van der Waals surface area contributed by atoms with Crippen LogP contribution >= 0.6 is 15.9 Å². The van der Waals surface area contributed by atoms with Crippen LogP contribution in [0.3, 0.4) is 0 Å². The Balaban J connectivity index is 1.57. The lowest BCUT2D eigenvalue weighted by atomic mass is 10.1. The number of ether oxygens (including phenoxy) is 2. The van der Waals surface area contributed by atoms with E-state index in [4.69, 9.17) is 4.74 Å². The van der Waals surface area contributed by atoms with E-state index in [0.29, 0.717) is 15.7 Å². The van der Waals surface area contributed by atoms with Crippen molar-refractivity contribution in [2.75, 3.05) is 23.9 Å². The highest BCUT2D eigenvalue weighted by Gasteiger charge is 2.37. The predicted octanol–water partition coefficient (Wildman–Crippen LogP) is 4.54. The van der Waals surface area contributed by atoms with Crippen LogP contribution in [0.25, 0.3) is 6.08 Å². The van der Waals surface area contributed by atoms with Crippen LogP contribution in [-0.2, 0) is 19.1 Å². The van der Waals surface area contributed by atoms with Crippen molar-refractivity contribution >= 4 is 63.1 Å². The standard InChI is InChI=1S/C29H24BrN3O7/c1-16-4-10-23(17(2)12-16)31-25(34)15-40-24-11-7-20(30)13-19(24)14-22-26(35)32-29(38)33(27(22)36)21-8-5-18(6-9-21)28(37)39-3/h4-14H,15H2,1-3H3,(H,31,34)(H,32,35,38)/b22-14-. The van der Waals surface area contributed by atoms with Gasteiger partial charge in [-0.15, -0.1) is 0 Å². The van der Waals surface area contributed by atoms with E-state index in [0.717, 1.165) is 16.0 Å². The summed E-state index contributed by atoms with van der Waals surface area (Å²) in [6, 6.07) is 15.1. The number of rotatable bonds is 7. The third-order valence-electron chi connectivity index (χ3n) is 5.93. The molecule has 1 fully saturated rings. The van der Waals surface area contributed by atoms with Gasteiger partial charge < -0.3 is 14.8 Å². The molecule has 0 aromatic heterocycles. The van der Waals surface area contributed by atoms with Gasteiger partial charge in [-0.05, 0) is 74.0 Å². The Morgan fingerprint density at radius 1 is 1.00 bits per heavy atom. The molecule has 11 heteroatoms. The number of nitrogens with zero attached hydrogens (tertiary/aromatic N) is 1. The van der Waals surface area contributed by atoms with Crippen LogP contribution in [0, 0.1) is 13.8 Å². The molecule has 0 radical (unpaired) electrons. The molecule has 0 spiro atoms. The first-order chi connectivity index (χ1) is 19.1. The lowest BCUT2D eigenvalue weighted by Crippen LogP contribution is -2.54. The number of amides is 5. The molecule has 0 atom stereocenters. The van der Waals surface area contributed by atoms with Crippen LogP contribution in [0.1, 0.15) is 27.0 Å². The summed E-state index contributed by atoms with van der Waals surface area (Å²) in [6.45, 7) is 3.51. The number of hydrogen-bond donors (Lipinski definition) is 2. The first-order valence-corrected chi connectivity index (χ1v) is 12.8. The summed E-state index contributed by atoms with van der Waals surface area (Å²) in [5.74, 6) is -2.51. The number of methoxy groups -OCH3 is 1. The van der Waals surface area contributed by atoms with Crippen molar-refractivity contribution in [3.05, 3.63) is 93.0 Å². The van der Waals surface area contributed by atoms with Gasteiger partial charge >= 0.3 is 12.0 Å². The Bertz CT molecular complexity index is 1560. The number of anilines is 2. The molecule has 1 heterocycles. The Labute approximate surface area is 238 Å². The number of carbonyl (C=O) groups excluding carboxylic acids is 5. The zero-order chi connectivity index (χ0) is 29.0. The summed E-state index contributed by atoms with van der Waals surface area (Å²) >= 11 is 3.36. The van der Waals surface area contributed by atoms with Crippen LogP contribution in [-0.4, -0.2) is 43.4 Å². The smallest absolute Gasteiger partial charge is 0.337 e. The van der Waals surface area contributed by atoms with Crippen LogP contribution in [0.15, 0.2) is 70.7 Å². The van der Waals surface area contributed by atoms with Crippen molar-refractivity contribution in [1.29, 1.82) is 0 Å². The second-order valence-electron chi connectivity index (χ2n) is 8.83. The molecular formula is C29H24BrN3O7. The van der Waals surface area contributed by atoms with E-state index >= 15 is 0 Å². The first kappa shape index (κ1) is 28.2. The molecule has 5 amide bonds. The van der Waals surface area contributed by atoms with E-state index in [-0.39, 0.29) is 29.2 Å². The maximum absolute atomic E-state index is 13.3. The Hall–Kier alpha value is -4.77. The van der Waals surface area contributed by atoms with Gasteiger partial charge in [0, 0.05) is 15.7 Å². The van der Waals surface area contributed by atoms with Gasteiger partial charge in [-0.3, -0.25) is 19.7 Å². The number of halogens is 1. The number of aryl methyl sites for hydroxylation is 2. The van der Waals surface area contributed by atoms with Crippen LogP contribution in [0.5, 0.6) is 5.75 Å². The number of imide groups is 2. The quantitative estimate of drug-likeness (QED) is 0.230. The van der Waals surface area contributed by atoms with E-state index in [2.05, 4.69) is 31.3 Å². The van der Waals surface area contributed by atoms with Gasteiger partial charge in [0.15, 0.2) is 6.61 Å². The summed E-state index contributed by atoms with van der Waals surface area (Å²) in [6.07, 6.45) is 1.28. The molecule has 0 saturated carbocycles. The molecular weight excluding hydrogens is 582 g/mol. The number of benzene rings is 3. The Morgan fingerprint density at radius 3 is 2.40 bits per heavy atom. The monoisotopic (exact) mass is 605 g/mol. The molecule has 4 rings (SSSR count). The van der Waals surface area contributed by atoms with Gasteiger partial charge in [0.05, 0.1) is 18.4 Å². The third kappa shape index (κ3) is 6.26. The largest absolute Gasteiger partial charge is 0.483 e. The van der Waals surface area contributed by atoms with Crippen molar-refractivity contribution in [3.8, 4) is 5.75 Å². The van der Waals surface area contributed by atoms with Crippen molar-refractivity contribution < 1.29 is 33.4 Å². The number of esters is 1. The Kier molecular flexibility index (Phi) is 8.44. The SMILES string of the molecule is COC(=O)c1ccc(N2C(=O)NC(=O)/C(=C/c3cc(Br)ccc3OCC(=O)Nc3ccc(C)cc3C)C2=O)cc1. The second kappa shape index (κ2) is 12.0. The molecule has 1 saturated heterocycles. The maximum Gasteiger partial charge on any atom is 0.337 e. The molecule has 1 aliphatic heterocycles. The maximum atomic E-state index is 13.3. The van der Waals surface area contributed by atoms with Gasteiger partial charge in [-0.25, -0.2) is 14.5 Å². The topological polar surface area (TPSA) is 131 Å². The molecule has 40 heavy (non-hydrogen) atoms. The van der Waals surface area contributed by atoms with Gasteiger partial charge in [-0.2, -0.15) is 0 Å². The van der Waals surface area contributed by atoms with Crippen LogP contribution in [0.4, 0.5) is 16.2 Å². The molecule has 10 nitrogen and oxygen atoms in total. The van der Waals surface area contributed by atoms with E-state index in [1.165, 1.54) is 37.5 Å². The molecule has 3 aromatic rings. The van der Waals surface area contributed by atoms with Crippen molar-refractivity contribution in [2.45, 2.75) is 13.8 Å². The minimum Gasteiger partial charge on any atom is -0.483 e. The summed E-state index contributed by atoms with van der Waals surface area (Å²) in [7, 11) is 1.23. The molecule has 1 aliphatic rings. The fraction of sp³-hybridized carbons (Fsp3) is 0.138. The van der Waals surface area contributed by atoms with Crippen LogP contribution < -0.4 is 20.3 Å². The number of hydrogen-bond acceptors (Lipinski definition) is 7. The van der Waals surface area contributed by atoms with Crippen LogP contribution in [0.2, 0.25) is 0 Å². The average molecular weight is 606 g/mol. The molecule has 2 N–H and O–H groups in total. The van der Waals surface area contributed by atoms with Gasteiger partial charge in [-0.1, -0.05) is 33.6 Å². The second-order valence-corrected chi connectivity index (χ2v) is 9.75. The molecule has 0 unspecified atom stereocenters. The minimum atomic E-state index is -0.938. The lowest BCUT2D eigenvalue weighted by molar-refractivity contribution is -0.122. The van der Waals surface area contributed by atoms with E-state index in [1.807, 2.05) is 26.0 Å². The van der Waals surface area contributed by atoms with Crippen molar-refractivity contribution in [3.63, 3.8) is 0 Å². The highest BCUT2D eigenvalue weighted by molar-refractivity contribution is 9.10. The average Bonchev–Trinajstić information content (AvgIpc) is 2.92. The number of carbonyl (C=O) groups is 5. The third-order valence-corrected chi connectivity index (χ3v) is 6.43. The summed E-state index contributed by atoms with van der Waals surface area (Å²) in [4.78, 5) is 63.6. The molecule has 0 aliphatic carbocycles. The number of barbiturate groups is 1. The zero-order valence-corrected chi connectivity index (χ0v) is 23.3. The van der Waals surface area contributed by atoms with Gasteiger partial charge in [0.1, 0.15) is 11.3 Å². The minimum absolute atomic E-state index is 0.141. The van der Waals surface area contributed by atoms with Gasteiger partial charge in [0.25, 0.3) is 17.7 Å². The Morgan fingerprint density at radius 2 is 1.73 bits per heavy atom. The number of urea groups is 1. The highest BCUT2D eigenvalue weighted by atomic mass is 79.9. The van der Waals surface area contributed by atoms with Crippen molar-refractivity contribution in [1.82, 2.24) is 5.32 Å². The normalized spacial score (nSPS) is 14.2. The van der Waals surface area contributed by atoms with E-state index in [1.54, 1.807) is 24.3 Å². The summed E-state index contributed by atoms with van der Waals surface area (Å²) in [5.41, 5.74) is 2.98. The lowest BCUT2D eigenvalue weighted by Gasteiger charge is -2.26. The zero-order valence-electron chi connectivity index (χ0n) is 21.7. The number of nitrogens with one attached hydrogen (secondary N) is 2. The van der Waals surface area contributed by atoms with E-state index in [9.17, 15) is 24.0 Å². The van der Waals surface area contributed by atoms with Crippen molar-refractivity contribution in [2.24, 2.45) is 0 Å². The van der Waals surface area contributed by atoms with Gasteiger partial charge in [0.2, 0.25) is 0 Å². The fourth-order valence-corrected chi connectivity index (χ4v) is 4.34. The molecule has 3 aromatic carbocycles. The summed E-state index contributed by atoms with van der Waals surface area (Å²) in [5, 5.41) is 4.95. The fourth-order valence-electron chi connectivity index (χ4n) is 3.96. The summed E-state index contributed by atoms with van der Waals surface area (Å²) < 4.78 is 11.0. The highest BCUT2D eigenvalue weighted by Crippen LogP contribution is 2.28. The molecule has 0 bridgehead atoms. The van der Waals surface area contributed by atoms with E-state index < -0.39 is 29.7 Å². The molecule has 204 valence electrons. The first-order valence-electron chi connectivity index (χ1n) is 12.0.